The summed E-state index contributed by atoms with van der Waals surface area (Å²) in [5.74, 6) is 1.61. The molecule has 1 fully saturated rings. The fourth-order valence-electron chi connectivity index (χ4n) is 4.31. The van der Waals surface area contributed by atoms with Gasteiger partial charge in [0.05, 0.1) is 34.7 Å². The third-order valence-electron chi connectivity index (χ3n) is 5.78. The van der Waals surface area contributed by atoms with Gasteiger partial charge in [0.25, 0.3) is 0 Å². The van der Waals surface area contributed by atoms with Crippen molar-refractivity contribution in [2.75, 3.05) is 36.4 Å². The number of aromatic nitrogens is 6. The monoisotopic (exact) mass is 405 g/mol. The predicted octanol–water partition coefficient (Wildman–Crippen LogP) is 2.53. The maximum atomic E-state index is 4.83. The van der Waals surface area contributed by atoms with Crippen molar-refractivity contribution in [2.24, 2.45) is 14.1 Å². The Morgan fingerprint density at radius 3 is 2.57 bits per heavy atom. The summed E-state index contributed by atoms with van der Waals surface area (Å²) in [4.78, 5) is 16.3. The summed E-state index contributed by atoms with van der Waals surface area (Å²) in [6.07, 6.45) is 3.76. The Morgan fingerprint density at radius 2 is 1.87 bits per heavy atom. The summed E-state index contributed by atoms with van der Waals surface area (Å²) >= 11 is 0. The lowest BCUT2D eigenvalue weighted by molar-refractivity contribution is 0.589. The van der Waals surface area contributed by atoms with E-state index >= 15 is 0 Å². The SMILES string of the molecule is CC(C)c1c2c3nc(Nc4ccc(N5CCNCC5)cn4)ncc3n(C)c2nn1C. The maximum absolute atomic E-state index is 4.83. The van der Waals surface area contributed by atoms with Crippen LogP contribution in [0.3, 0.4) is 0 Å². The van der Waals surface area contributed by atoms with E-state index in [1.807, 2.05) is 37.2 Å². The molecule has 0 aromatic carbocycles. The molecule has 0 unspecified atom stereocenters. The molecule has 9 nitrogen and oxygen atoms in total. The zero-order valence-electron chi connectivity index (χ0n) is 17.8. The fraction of sp³-hybridized carbons (Fsp3) is 0.429. The lowest BCUT2D eigenvalue weighted by Crippen LogP contribution is -2.43. The van der Waals surface area contributed by atoms with Crippen LogP contribution in [-0.4, -0.2) is 55.5 Å². The zero-order valence-corrected chi connectivity index (χ0v) is 17.8. The van der Waals surface area contributed by atoms with Crippen LogP contribution in [0.5, 0.6) is 0 Å². The largest absolute Gasteiger partial charge is 0.368 e. The van der Waals surface area contributed by atoms with Crippen LogP contribution < -0.4 is 15.5 Å². The standard InChI is InChI=1S/C21H27N9/c1-13(2)19-17-18-15(28(3)20(17)27-29(19)4)12-24-21(26-18)25-16-6-5-14(11-23-16)30-9-7-22-8-10-30/h5-6,11-13,22H,7-10H2,1-4H3,(H,23,24,25,26). The van der Waals surface area contributed by atoms with Crippen molar-refractivity contribution >= 4 is 39.5 Å². The van der Waals surface area contributed by atoms with Crippen molar-refractivity contribution < 1.29 is 0 Å². The highest BCUT2D eigenvalue weighted by atomic mass is 15.3. The van der Waals surface area contributed by atoms with Crippen molar-refractivity contribution in [3.05, 3.63) is 30.2 Å². The molecule has 0 bridgehead atoms. The molecule has 5 heterocycles. The third kappa shape index (κ3) is 3.06. The Kier molecular flexibility index (Phi) is 4.54. The molecule has 0 aliphatic carbocycles. The van der Waals surface area contributed by atoms with Crippen molar-refractivity contribution in [3.8, 4) is 0 Å². The molecule has 0 radical (unpaired) electrons. The molecule has 0 spiro atoms. The average molecular weight is 406 g/mol. The van der Waals surface area contributed by atoms with Gasteiger partial charge in [-0.15, -0.1) is 0 Å². The molecule has 0 amide bonds. The summed E-state index contributed by atoms with van der Waals surface area (Å²) < 4.78 is 4.02. The molecule has 2 N–H and O–H groups in total. The molecule has 156 valence electrons. The number of piperazine rings is 1. The number of rotatable bonds is 4. The Labute approximate surface area is 175 Å². The van der Waals surface area contributed by atoms with E-state index in [0.29, 0.717) is 11.9 Å². The number of anilines is 3. The summed E-state index contributed by atoms with van der Waals surface area (Å²) in [7, 11) is 4.00. The maximum Gasteiger partial charge on any atom is 0.229 e. The van der Waals surface area contributed by atoms with Gasteiger partial charge in [-0.2, -0.15) is 5.10 Å². The van der Waals surface area contributed by atoms with E-state index in [-0.39, 0.29) is 0 Å². The van der Waals surface area contributed by atoms with Gasteiger partial charge in [-0.3, -0.25) is 4.68 Å². The van der Waals surface area contributed by atoms with E-state index in [2.05, 4.69) is 50.0 Å². The second-order valence-electron chi connectivity index (χ2n) is 8.11. The first kappa shape index (κ1) is 18.8. The van der Waals surface area contributed by atoms with Crippen LogP contribution in [-0.2, 0) is 14.1 Å². The van der Waals surface area contributed by atoms with Gasteiger partial charge in [0.2, 0.25) is 5.95 Å². The summed E-state index contributed by atoms with van der Waals surface area (Å²) in [5.41, 5.74) is 5.14. The van der Waals surface area contributed by atoms with Crippen LogP contribution in [0.15, 0.2) is 24.5 Å². The van der Waals surface area contributed by atoms with Gasteiger partial charge in [0.15, 0.2) is 5.65 Å². The molecular formula is C21H27N9. The van der Waals surface area contributed by atoms with Gasteiger partial charge < -0.3 is 20.1 Å². The van der Waals surface area contributed by atoms with E-state index in [9.17, 15) is 0 Å². The van der Waals surface area contributed by atoms with Gasteiger partial charge in [-0.1, -0.05) is 13.8 Å². The quantitative estimate of drug-likeness (QED) is 0.539. The first-order valence-corrected chi connectivity index (χ1v) is 10.4. The van der Waals surface area contributed by atoms with E-state index in [1.54, 1.807) is 0 Å². The van der Waals surface area contributed by atoms with E-state index in [1.165, 1.54) is 5.69 Å². The molecule has 1 saturated heterocycles. The second-order valence-corrected chi connectivity index (χ2v) is 8.11. The summed E-state index contributed by atoms with van der Waals surface area (Å²) in [5, 5.41) is 12.4. The summed E-state index contributed by atoms with van der Waals surface area (Å²) in [6, 6.07) is 4.08. The van der Waals surface area contributed by atoms with Gasteiger partial charge in [0, 0.05) is 40.3 Å². The number of nitrogens with zero attached hydrogens (tertiary/aromatic N) is 7. The molecule has 4 aromatic rings. The number of pyridine rings is 1. The number of nitrogens with one attached hydrogen (secondary N) is 2. The number of hydrogen-bond acceptors (Lipinski definition) is 7. The number of aryl methyl sites for hydroxylation is 2. The fourth-order valence-corrected chi connectivity index (χ4v) is 4.31. The Hall–Kier alpha value is -3.20. The minimum absolute atomic E-state index is 0.344. The number of hydrogen-bond donors (Lipinski definition) is 2. The Balaban J connectivity index is 1.48. The molecule has 9 heteroatoms. The molecule has 1 aliphatic rings. The minimum Gasteiger partial charge on any atom is -0.368 e. The first-order valence-electron chi connectivity index (χ1n) is 10.4. The highest BCUT2D eigenvalue weighted by molar-refractivity contribution is 6.06. The van der Waals surface area contributed by atoms with E-state index < -0.39 is 0 Å². The van der Waals surface area contributed by atoms with Crippen molar-refractivity contribution in [2.45, 2.75) is 19.8 Å². The number of fused-ring (bicyclic) bond motifs is 3. The van der Waals surface area contributed by atoms with Crippen LogP contribution in [0.25, 0.3) is 22.1 Å². The smallest absolute Gasteiger partial charge is 0.229 e. The van der Waals surface area contributed by atoms with Crippen LogP contribution in [0, 0.1) is 0 Å². The van der Waals surface area contributed by atoms with Crippen LogP contribution in [0.4, 0.5) is 17.5 Å². The topological polar surface area (TPSA) is 88.7 Å². The summed E-state index contributed by atoms with van der Waals surface area (Å²) in [6.45, 7) is 8.38. The van der Waals surface area contributed by atoms with Crippen LogP contribution >= 0.6 is 0 Å². The highest BCUT2D eigenvalue weighted by Crippen LogP contribution is 2.33. The van der Waals surface area contributed by atoms with Gasteiger partial charge in [-0.25, -0.2) is 15.0 Å². The molecule has 5 rings (SSSR count). The minimum atomic E-state index is 0.344. The Bertz CT molecular complexity index is 1200. The van der Waals surface area contributed by atoms with Gasteiger partial charge in [0.1, 0.15) is 11.3 Å². The second kappa shape index (κ2) is 7.24. The molecular weight excluding hydrogens is 378 g/mol. The molecule has 4 aromatic heterocycles. The average Bonchev–Trinajstić information content (AvgIpc) is 3.23. The van der Waals surface area contributed by atoms with Crippen LogP contribution in [0.1, 0.15) is 25.5 Å². The molecule has 0 atom stereocenters. The molecule has 1 aliphatic heterocycles. The highest BCUT2D eigenvalue weighted by Gasteiger charge is 2.21. The van der Waals surface area contributed by atoms with E-state index in [0.717, 1.165) is 59.8 Å². The lowest BCUT2D eigenvalue weighted by atomic mass is 10.1. The van der Waals surface area contributed by atoms with Gasteiger partial charge >= 0.3 is 0 Å². The predicted molar refractivity (Wildman–Crippen MR) is 119 cm³/mol. The lowest BCUT2D eigenvalue weighted by Gasteiger charge is -2.29. The third-order valence-corrected chi connectivity index (χ3v) is 5.78. The van der Waals surface area contributed by atoms with Crippen molar-refractivity contribution in [1.29, 1.82) is 0 Å². The van der Waals surface area contributed by atoms with E-state index in [4.69, 9.17) is 10.1 Å². The van der Waals surface area contributed by atoms with Crippen LogP contribution in [0.2, 0.25) is 0 Å². The molecule has 30 heavy (non-hydrogen) atoms. The van der Waals surface area contributed by atoms with Crippen molar-refractivity contribution in [1.82, 2.24) is 34.6 Å². The van der Waals surface area contributed by atoms with Crippen molar-refractivity contribution in [3.63, 3.8) is 0 Å². The normalized spacial score (nSPS) is 14.9. The first-order chi connectivity index (χ1) is 14.5. The Morgan fingerprint density at radius 1 is 1.07 bits per heavy atom. The zero-order chi connectivity index (χ0) is 20.8. The van der Waals surface area contributed by atoms with Gasteiger partial charge in [-0.05, 0) is 18.1 Å². The molecule has 0 saturated carbocycles.